The second-order valence-corrected chi connectivity index (χ2v) is 6.35. The molecule has 2 aromatic rings. The first kappa shape index (κ1) is 11.9. The number of nitrogens with one attached hydrogen (secondary N) is 2. The third-order valence-corrected chi connectivity index (χ3v) is 5.02. The smallest absolute Gasteiger partial charge is 0.221 e. The fraction of sp³-hybridized carbons (Fsp3) is 0.308. The lowest BCUT2D eigenvalue weighted by Crippen LogP contribution is -2.22. The molecule has 0 saturated carbocycles. The summed E-state index contributed by atoms with van der Waals surface area (Å²) in [7, 11) is 0. The third-order valence-electron chi connectivity index (χ3n) is 2.99. The summed E-state index contributed by atoms with van der Waals surface area (Å²) >= 11 is 3.43. The second kappa shape index (κ2) is 4.84. The molecular formula is C13H14N2OS2. The SMILES string of the molecule is CC(=O)Nc1sc2c(c1-c1cccs1)CCNC2. The quantitative estimate of drug-likeness (QED) is 0.886. The van der Waals surface area contributed by atoms with Crippen LogP contribution in [0.3, 0.4) is 0 Å². The van der Waals surface area contributed by atoms with Crippen LogP contribution in [-0.2, 0) is 17.8 Å². The number of hydrogen-bond acceptors (Lipinski definition) is 4. The summed E-state index contributed by atoms with van der Waals surface area (Å²) in [5.41, 5.74) is 2.65. The summed E-state index contributed by atoms with van der Waals surface area (Å²) in [6.45, 7) is 3.49. The zero-order chi connectivity index (χ0) is 12.5. The summed E-state index contributed by atoms with van der Waals surface area (Å²) < 4.78 is 0. The maximum atomic E-state index is 11.3. The average Bonchev–Trinajstić information content (AvgIpc) is 2.93. The van der Waals surface area contributed by atoms with Gasteiger partial charge in [-0.05, 0) is 30.0 Å². The highest BCUT2D eigenvalue weighted by Gasteiger charge is 2.22. The van der Waals surface area contributed by atoms with E-state index in [4.69, 9.17) is 0 Å². The Morgan fingerprint density at radius 2 is 2.39 bits per heavy atom. The highest BCUT2D eigenvalue weighted by atomic mass is 32.1. The second-order valence-electron chi connectivity index (χ2n) is 4.29. The van der Waals surface area contributed by atoms with Gasteiger partial charge in [0, 0.05) is 28.8 Å². The lowest BCUT2D eigenvalue weighted by molar-refractivity contribution is -0.114. The minimum Gasteiger partial charge on any atom is -0.317 e. The first-order chi connectivity index (χ1) is 8.75. The molecule has 0 fully saturated rings. The molecule has 0 unspecified atom stereocenters. The minimum atomic E-state index is -0.000591. The van der Waals surface area contributed by atoms with Crippen molar-refractivity contribution >= 4 is 33.6 Å². The van der Waals surface area contributed by atoms with Gasteiger partial charge in [0.1, 0.15) is 5.00 Å². The van der Waals surface area contributed by atoms with E-state index in [1.165, 1.54) is 20.9 Å². The van der Waals surface area contributed by atoms with Crippen molar-refractivity contribution in [3.63, 3.8) is 0 Å². The number of hydrogen-bond donors (Lipinski definition) is 2. The molecule has 0 bridgehead atoms. The zero-order valence-electron chi connectivity index (χ0n) is 10.1. The van der Waals surface area contributed by atoms with Gasteiger partial charge in [-0.2, -0.15) is 0 Å². The zero-order valence-corrected chi connectivity index (χ0v) is 11.7. The van der Waals surface area contributed by atoms with Gasteiger partial charge in [0.15, 0.2) is 0 Å². The molecule has 0 saturated heterocycles. The highest BCUT2D eigenvalue weighted by Crippen LogP contribution is 2.43. The molecular weight excluding hydrogens is 264 g/mol. The van der Waals surface area contributed by atoms with Crippen molar-refractivity contribution in [2.45, 2.75) is 19.9 Å². The maximum absolute atomic E-state index is 11.3. The molecule has 5 heteroatoms. The van der Waals surface area contributed by atoms with Crippen LogP contribution in [0.4, 0.5) is 5.00 Å². The van der Waals surface area contributed by atoms with Gasteiger partial charge in [-0.25, -0.2) is 0 Å². The fourth-order valence-corrected chi connectivity index (χ4v) is 4.41. The molecule has 0 aliphatic carbocycles. The van der Waals surface area contributed by atoms with Gasteiger partial charge in [-0.3, -0.25) is 4.79 Å². The van der Waals surface area contributed by atoms with Crippen LogP contribution in [0.15, 0.2) is 17.5 Å². The van der Waals surface area contributed by atoms with E-state index in [0.29, 0.717) is 0 Å². The van der Waals surface area contributed by atoms with Crippen LogP contribution >= 0.6 is 22.7 Å². The molecule has 0 atom stereocenters. The predicted octanol–water partition coefficient (Wildman–Crippen LogP) is 3.08. The van der Waals surface area contributed by atoms with Crippen LogP contribution in [0.2, 0.25) is 0 Å². The van der Waals surface area contributed by atoms with E-state index >= 15 is 0 Å². The van der Waals surface area contributed by atoms with Gasteiger partial charge >= 0.3 is 0 Å². The Bertz CT molecular complexity index is 572. The van der Waals surface area contributed by atoms with Crippen LogP contribution < -0.4 is 10.6 Å². The lowest BCUT2D eigenvalue weighted by atomic mass is 10.0. The summed E-state index contributed by atoms with van der Waals surface area (Å²) in [6.07, 6.45) is 1.04. The Morgan fingerprint density at radius 1 is 1.50 bits per heavy atom. The number of thiophene rings is 2. The van der Waals surface area contributed by atoms with E-state index in [2.05, 4.69) is 28.1 Å². The monoisotopic (exact) mass is 278 g/mol. The van der Waals surface area contributed by atoms with Crippen LogP contribution in [-0.4, -0.2) is 12.5 Å². The molecule has 3 nitrogen and oxygen atoms in total. The Balaban J connectivity index is 2.13. The molecule has 1 aliphatic heterocycles. The van der Waals surface area contributed by atoms with Gasteiger partial charge < -0.3 is 10.6 Å². The molecule has 3 rings (SSSR count). The largest absolute Gasteiger partial charge is 0.317 e. The Morgan fingerprint density at radius 3 is 3.11 bits per heavy atom. The third kappa shape index (κ3) is 2.09. The van der Waals surface area contributed by atoms with E-state index in [1.54, 1.807) is 29.6 Å². The number of carbonyl (C=O) groups excluding carboxylic acids is 1. The molecule has 2 aromatic heterocycles. The van der Waals surface area contributed by atoms with Gasteiger partial charge in [-0.15, -0.1) is 22.7 Å². The van der Waals surface area contributed by atoms with Crippen LogP contribution in [0.25, 0.3) is 10.4 Å². The van der Waals surface area contributed by atoms with Gasteiger partial charge in [0.25, 0.3) is 0 Å². The fourth-order valence-electron chi connectivity index (χ4n) is 2.26. The van der Waals surface area contributed by atoms with Gasteiger partial charge in [-0.1, -0.05) is 6.07 Å². The van der Waals surface area contributed by atoms with Crippen molar-refractivity contribution in [2.24, 2.45) is 0 Å². The minimum absolute atomic E-state index is 0.000591. The number of fused-ring (bicyclic) bond motifs is 1. The van der Waals surface area contributed by atoms with Crippen molar-refractivity contribution in [1.29, 1.82) is 0 Å². The normalized spacial score (nSPS) is 14.3. The van der Waals surface area contributed by atoms with Crippen LogP contribution in [0.1, 0.15) is 17.4 Å². The van der Waals surface area contributed by atoms with E-state index in [1.807, 2.05) is 0 Å². The standard InChI is InChI=1S/C13H14N2OS2/c1-8(16)15-13-12(10-3-2-6-17-10)9-4-5-14-7-11(9)18-13/h2-3,6,14H,4-5,7H2,1H3,(H,15,16). The Hall–Kier alpha value is -1.17. The number of rotatable bonds is 2. The van der Waals surface area contributed by atoms with Gasteiger partial charge in [0.05, 0.1) is 0 Å². The summed E-state index contributed by atoms with van der Waals surface area (Å²) in [5.74, 6) is -0.000591. The maximum Gasteiger partial charge on any atom is 0.221 e. The van der Waals surface area contributed by atoms with Crippen molar-refractivity contribution < 1.29 is 4.79 Å². The molecule has 1 aliphatic rings. The molecule has 0 radical (unpaired) electrons. The first-order valence-electron chi connectivity index (χ1n) is 5.92. The predicted molar refractivity (Wildman–Crippen MR) is 77.3 cm³/mol. The lowest BCUT2D eigenvalue weighted by Gasteiger charge is -2.13. The van der Waals surface area contributed by atoms with Crippen molar-refractivity contribution in [3.8, 4) is 10.4 Å². The molecule has 18 heavy (non-hydrogen) atoms. The van der Waals surface area contributed by atoms with E-state index in [0.717, 1.165) is 24.5 Å². The molecule has 0 aromatic carbocycles. The van der Waals surface area contributed by atoms with E-state index in [9.17, 15) is 4.79 Å². The highest BCUT2D eigenvalue weighted by molar-refractivity contribution is 7.18. The van der Waals surface area contributed by atoms with Gasteiger partial charge in [0.2, 0.25) is 5.91 Å². The number of anilines is 1. The number of amides is 1. The number of carbonyl (C=O) groups is 1. The Kier molecular flexibility index (Phi) is 3.20. The van der Waals surface area contributed by atoms with Crippen molar-refractivity contribution in [2.75, 3.05) is 11.9 Å². The first-order valence-corrected chi connectivity index (χ1v) is 7.62. The summed E-state index contributed by atoms with van der Waals surface area (Å²) in [6, 6.07) is 4.18. The average molecular weight is 278 g/mol. The van der Waals surface area contributed by atoms with Crippen LogP contribution in [0.5, 0.6) is 0 Å². The molecule has 1 amide bonds. The molecule has 2 N–H and O–H groups in total. The topological polar surface area (TPSA) is 41.1 Å². The van der Waals surface area contributed by atoms with E-state index in [-0.39, 0.29) is 5.91 Å². The van der Waals surface area contributed by atoms with E-state index < -0.39 is 0 Å². The van der Waals surface area contributed by atoms with Crippen LogP contribution in [0, 0.1) is 0 Å². The summed E-state index contributed by atoms with van der Waals surface area (Å²) in [5, 5.41) is 9.44. The summed E-state index contributed by atoms with van der Waals surface area (Å²) in [4.78, 5) is 13.9. The Labute approximate surface area is 114 Å². The van der Waals surface area contributed by atoms with Crippen molar-refractivity contribution in [1.82, 2.24) is 5.32 Å². The molecule has 0 spiro atoms. The molecule has 94 valence electrons. The van der Waals surface area contributed by atoms with Crippen molar-refractivity contribution in [3.05, 3.63) is 28.0 Å². The molecule has 3 heterocycles.